The van der Waals surface area contributed by atoms with E-state index in [2.05, 4.69) is 52.5 Å². The lowest BCUT2D eigenvalue weighted by Crippen LogP contribution is -1.96. The molecule has 0 unspecified atom stereocenters. The fourth-order valence-corrected chi connectivity index (χ4v) is 4.23. The van der Waals surface area contributed by atoms with Gasteiger partial charge in [0.1, 0.15) is 12.0 Å². The van der Waals surface area contributed by atoms with Crippen molar-refractivity contribution >= 4 is 28.2 Å². The van der Waals surface area contributed by atoms with E-state index in [9.17, 15) is 0 Å². The van der Waals surface area contributed by atoms with Gasteiger partial charge >= 0.3 is 0 Å². The molecule has 0 spiro atoms. The number of anilines is 1. The lowest BCUT2D eigenvalue weighted by atomic mass is 10.1. The van der Waals surface area contributed by atoms with E-state index in [1.165, 1.54) is 16.9 Å². The van der Waals surface area contributed by atoms with Crippen molar-refractivity contribution in [2.45, 2.75) is 30.5 Å². The van der Waals surface area contributed by atoms with Crippen molar-refractivity contribution in [2.75, 3.05) is 5.32 Å². The average Bonchev–Trinajstić information content (AvgIpc) is 3.40. The van der Waals surface area contributed by atoms with Crippen LogP contribution in [-0.4, -0.2) is 15.2 Å². The Kier molecular flexibility index (Phi) is 5.26. The number of aromatic nitrogens is 3. The molecule has 0 radical (unpaired) electrons. The number of nitrogens with zero attached hydrogens (tertiary/aromatic N) is 3. The molecule has 138 valence electrons. The SMILES string of the molecule is Cc1ccc(-c2nc(CSc3nnc(NCc4ccco4)s3)co2)c(C)c1. The Balaban J connectivity index is 1.35. The Bertz CT molecular complexity index is 1020. The number of aryl methyl sites for hydroxylation is 2. The van der Waals surface area contributed by atoms with Crippen LogP contribution >= 0.6 is 23.1 Å². The van der Waals surface area contributed by atoms with Crippen LogP contribution in [0.5, 0.6) is 0 Å². The lowest BCUT2D eigenvalue weighted by Gasteiger charge is -2.02. The van der Waals surface area contributed by atoms with E-state index in [-0.39, 0.29) is 0 Å². The smallest absolute Gasteiger partial charge is 0.226 e. The third-order valence-electron chi connectivity index (χ3n) is 3.91. The average molecular weight is 399 g/mol. The molecule has 0 saturated heterocycles. The zero-order valence-electron chi connectivity index (χ0n) is 14.9. The van der Waals surface area contributed by atoms with Crippen LogP contribution in [0.25, 0.3) is 11.5 Å². The second kappa shape index (κ2) is 7.98. The molecule has 4 aromatic rings. The van der Waals surface area contributed by atoms with Crippen LogP contribution in [0.4, 0.5) is 5.13 Å². The normalized spacial score (nSPS) is 11.0. The first-order valence-corrected chi connectivity index (χ1v) is 10.2. The van der Waals surface area contributed by atoms with Crippen LogP contribution in [0.15, 0.2) is 56.0 Å². The molecule has 0 amide bonds. The maximum Gasteiger partial charge on any atom is 0.226 e. The maximum absolute atomic E-state index is 5.67. The third kappa shape index (κ3) is 4.40. The van der Waals surface area contributed by atoms with Crippen LogP contribution in [0.1, 0.15) is 22.6 Å². The van der Waals surface area contributed by atoms with E-state index in [0.717, 1.165) is 32.1 Å². The van der Waals surface area contributed by atoms with Crippen LogP contribution in [0.3, 0.4) is 0 Å². The molecule has 0 aliphatic rings. The minimum absolute atomic E-state index is 0.592. The minimum atomic E-state index is 0.592. The summed E-state index contributed by atoms with van der Waals surface area (Å²) >= 11 is 3.10. The molecule has 1 aromatic carbocycles. The van der Waals surface area contributed by atoms with Crippen molar-refractivity contribution in [1.29, 1.82) is 0 Å². The zero-order chi connectivity index (χ0) is 18.6. The van der Waals surface area contributed by atoms with Gasteiger partial charge < -0.3 is 14.2 Å². The van der Waals surface area contributed by atoms with E-state index in [1.807, 2.05) is 12.1 Å². The molecule has 8 heteroatoms. The molecule has 3 heterocycles. The van der Waals surface area contributed by atoms with E-state index in [0.29, 0.717) is 18.2 Å². The van der Waals surface area contributed by atoms with Crippen molar-refractivity contribution in [3.05, 3.63) is 65.4 Å². The number of hydrogen-bond donors (Lipinski definition) is 1. The van der Waals surface area contributed by atoms with Gasteiger partial charge in [-0.15, -0.1) is 10.2 Å². The quantitative estimate of drug-likeness (QED) is 0.423. The summed E-state index contributed by atoms with van der Waals surface area (Å²) in [5.74, 6) is 2.20. The molecule has 0 aliphatic carbocycles. The molecule has 6 nitrogen and oxygen atoms in total. The highest BCUT2D eigenvalue weighted by Gasteiger charge is 2.11. The van der Waals surface area contributed by atoms with Gasteiger partial charge in [-0.25, -0.2) is 4.98 Å². The lowest BCUT2D eigenvalue weighted by molar-refractivity contribution is 0.518. The number of thioether (sulfide) groups is 1. The summed E-state index contributed by atoms with van der Waals surface area (Å²) < 4.78 is 11.8. The Labute approximate surface area is 165 Å². The summed E-state index contributed by atoms with van der Waals surface area (Å²) in [6.45, 7) is 4.74. The van der Waals surface area contributed by atoms with Gasteiger partial charge in [0.2, 0.25) is 11.0 Å². The van der Waals surface area contributed by atoms with Crippen molar-refractivity contribution in [2.24, 2.45) is 0 Å². The second-order valence-electron chi connectivity index (χ2n) is 6.06. The monoisotopic (exact) mass is 398 g/mol. The molecule has 0 bridgehead atoms. The van der Waals surface area contributed by atoms with Gasteiger partial charge in [0, 0.05) is 11.3 Å². The van der Waals surface area contributed by atoms with Crippen LogP contribution < -0.4 is 5.32 Å². The van der Waals surface area contributed by atoms with Crippen molar-refractivity contribution in [3.8, 4) is 11.5 Å². The zero-order valence-corrected chi connectivity index (χ0v) is 16.6. The van der Waals surface area contributed by atoms with E-state index >= 15 is 0 Å². The summed E-state index contributed by atoms with van der Waals surface area (Å²) in [6.07, 6.45) is 3.36. The molecular weight excluding hydrogens is 380 g/mol. The fraction of sp³-hybridized carbons (Fsp3) is 0.211. The van der Waals surface area contributed by atoms with Gasteiger partial charge in [-0.1, -0.05) is 40.8 Å². The summed E-state index contributed by atoms with van der Waals surface area (Å²) in [5, 5.41) is 12.3. The van der Waals surface area contributed by atoms with Gasteiger partial charge in [-0.05, 0) is 37.6 Å². The Morgan fingerprint density at radius 3 is 2.89 bits per heavy atom. The Morgan fingerprint density at radius 1 is 1.15 bits per heavy atom. The number of furan rings is 1. The predicted molar refractivity (Wildman–Crippen MR) is 107 cm³/mol. The van der Waals surface area contributed by atoms with E-state index in [1.54, 1.807) is 24.3 Å². The Morgan fingerprint density at radius 2 is 2.07 bits per heavy atom. The first-order valence-electron chi connectivity index (χ1n) is 8.42. The highest BCUT2D eigenvalue weighted by atomic mass is 32.2. The summed E-state index contributed by atoms with van der Waals surface area (Å²) in [7, 11) is 0. The van der Waals surface area contributed by atoms with Crippen LogP contribution in [0, 0.1) is 13.8 Å². The second-order valence-corrected chi connectivity index (χ2v) is 8.26. The largest absolute Gasteiger partial charge is 0.467 e. The van der Waals surface area contributed by atoms with Gasteiger partial charge in [0.15, 0.2) is 4.34 Å². The number of oxazole rings is 1. The number of nitrogens with one attached hydrogen (secondary N) is 1. The molecule has 1 N–H and O–H groups in total. The molecule has 0 aliphatic heterocycles. The van der Waals surface area contributed by atoms with Gasteiger partial charge in [-0.3, -0.25) is 0 Å². The standard InChI is InChI=1S/C19H18N4O2S2/c1-12-5-6-16(13(2)8-12)17-21-14(10-25-17)11-26-19-23-22-18(27-19)20-9-15-4-3-7-24-15/h3-8,10H,9,11H2,1-2H3,(H,20,22). The van der Waals surface area contributed by atoms with Crippen molar-refractivity contribution in [3.63, 3.8) is 0 Å². The minimum Gasteiger partial charge on any atom is -0.467 e. The first kappa shape index (κ1) is 17.8. The van der Waals surface area contributed by atoms with Crippen molar-refractivity contribution in [1.82, 2.24) is 15.2 Å². The van der Waals surface area contributed by atoms with Gasteiger partial charge in [0.25, 0.3) is 0 Å². The third-order valence-corrected chi connectivity index (χ3v) is 5.96. The first-order chi connectivity index (χ1) is 13.2. The van der Waals surface area contributed by atoms with Crippen molar-refractivity contribution < 1.29 is 8.83 Å². The van der Waals surface area contributed by atoms with E-state index in [4.69, 9.17) is 8.83 Å². The summed E-state index contributed by atoms with van der Waals surface area (Å²) in [6, 6.07) is 10.0. The van der Waals surface area contributed by atoms with Gasteiger partial charge in [0.05, 0.1) is 18.5 Å². The van der Waals surface area contributed by atoms with Crippen LogP contribution in [-0.2, 0) is 12.3 Å². The van der Waals surface area contributed by atoms with Gasteiger partial charge in [-0.2, -0.15) is 0 Å². The molecule has 4 rings (SSSR count). The highest BCUT2D eigenvalue weighted by molar-refractivity contribution is 8.00. The van der Waals surface area contributed by atoms with E-state index < -0.39 is 0 Å². The molecule has 27 heavy (non-hydrogen) atoms. The molecule has 0 fully saturated rings. The number of rotatable bonds is 7. The molecule has 0 atom stereocenters. The highest BCUT2D eigenvalue weighted by Crippen LogP contribution is 2.30. The fourth-order valence-electron chi connectivity index (χ4n) is 2.60. The maximum atomic E-state index is 5.67. The molecule has 0 saturated carbocycles. The number of hydrogen-bond acceptors (Lipinski definition) is 8. The summed E-state index contributed by atoms with van der Waals surface area (Å²) in [4.78, 5) is 4.60. The topological polar surface area (TPSA) is 77.0 Å². The summed E-state index contributed by atoms with van der Waals surface area (Å²) in [5.41, 5.74) is 4.30. The predicted octanol–water partition coefficient (Wildman–Crippen LogP) is 5.31. The molecular formula is C19H18N4O2S2. The Hall–Kier alpha value is -2.58. The van der Waals surface area contributed by atoms with Crippen LogP contribution in [0.2, 0.25) is 0 Å². The molecule has 3 aromatic heterocycles. The number of benzene rings is 1.